The van der Waals surface area contributed by atoms with Crippen molar-refractivity contribution < 1.29 is 9.53 Å². The Labute approximate surface area is 91.8 Å². The molecule has 0 spiro atoms. The average molecular weight is 214 g/mol. The van der Waals surface area contributed by atoms with Crippen LogP contribution in [-0.4, -0.2) is 37.7 Å². The lowest BCUT2D eigenvalue weighted by Gasteiger charge is -2.15. The summed E-state index contributed by atoms with van der Waals surface area (Å²) in [7, 11) is 1.88. The van der Waals surface area contributed by atoms with Crippen molar-refractivity contribution in [2.45, 2.75) is 51.4 Å². The Kier molecular flexibility index (Phi) is 5.05. The number of carbonyl (C=O) groups excluding carboxylic acids is 1. The summed E-state index contributed by atoms with van der Waals surface area (Å²) >= 11 is 0. The highest BCUT2D eigenvalue weighted by Gasteiger charge is 2.29. The molecule has 88 valence electrons. The summed E-state index contributed by atoms with van der Waals surface area (Å²) in [6, 6.07) is 0.303. The number of amides is 1. The van der Waals surface area contributed by atoms with Crippen LogP contribution in [0, 0.1) is 0 Å². The second-order valence-electron chi connectivity index (χ2n) is 4.17. The predicted molar refractivity (Wildman–Crippen MR) is 59.7 cm³/mol. The van der Waals surface area contributed by atoms with E-state index < -0.39 is 0 Å². The Morgan fingerprint density at radius 3 is 2.80 bits per heavy atom. The standard InChI is InChI=1S/C11H22N2O2/c1-4-9-5-6-10(15-9)11(14)13-7-8(2)12-3/h8-10,12H,4-7H2,1-3H3,(H,13,14). The summed E-state index contributed by atoms with van der Waals surface area (Å²) in [6.45, 7) is 4.78. The molecule has 0 aromatic carbocycles. The van der Waals surface area contributed by atoms with Crippen LogP contribution >= 0.6 is 0 Å². The third-order valence-electron chi connectivity index (χ3n) is 2.93. The van der Waals surface area contributed by atoms with Crippen molar-refractivity contribution in [2.24, 2.45) is 0 Å². The molecule has 0 aliphatic carbocycles. The van der Waals surface area contributed by atoms with Crippen molar-refractivity contribution in [3.8, 4) is 0 Å². The zero-order valence-electron chi connectivity index (χ0n) is 9.88. The summed E-state index contributed by atoms with van der Waals surface area (Å²) in [5.41, 5.74) is 0. The Morgan fingerprint density at radius 1 is 1.53 bits per heavy atom. The molecule has 1 aliphatic rings. The minimum absolute atomic E-state index is 0.0352. The Balaban J connectivity index is 2.23. The molecule has 0 aromatic heterocycles. The minimum atomic E-state index is -0.223. The number of nitrogens with one attached hydrogen (secondary N) is 2. The van der Waals surface area contributed by atoms with E-state index in [1.165, 1.54) is 0 Å². The van der Waals surface area contributed by atoms with E-state index in [9.17, 15) is 4.79 Å². The van der Waals surface area contributed by atoms with E-state index in [4.69, 9.17) is 4.74 Å². The first-order valence-electron chi connectivity index (χ1n) is 5.77. The molecule has 1 saturated heterocycles. The van der Waals surface area contributed by atoms with Gasteiger partial charge in [-0.1, -0.05) is 6.92 Å². The first kappa shape index (κ1) is 12.5. The quantitative estimate of drug-likeness (QED) is 0.707. The molecule has 1 amide bonds. The highest BCUT2D eigenvalue weighted by atomic mass is 16.5. The van der Waals surface area contributed by atoms with Crippen LogP contribution in [0.1, 0.15) is 33.1 Å². The lowest BCUT2D eigenvalue weighted by atomic mass is 10.1. The van der Waals surface area contributed by atoms with Crippen LogP contribution in [0.3, 0.4) is 0 Å². The van der Waals surface area contributed by atoms with E-state index in [0.717, 1.165) is 19.3 Å². The van der Waals surface area contributed by atoms with Crippen LogP contribution in [0.5, 0.6) is 0 Å². The molecule has 1 rings (SSSR count). The van der Waals surface area contributed by atoms with Crippen molar-refractivity contribution in [3.05, 3.63) is 0 Å². The molecule has 2 N–H and O–H groups in total. The van der Waals surface area contributed by atoms with E-state index in [1.54, 1.807) is 0 Å². The third-order valence-corrected chi connectivity index (χ3v) is 2.93. The molecule has 0 bridgehead atoms. The summed E-state index contributed by atoms with van der Waals surface area (Å²) in [4.78, 5) is 11.7. The van der Waals surface area contributed by atoms with Crippen molar-refractivity contribution in [1.82, 2.24) is 10.6 Å². The van der Waals surface area contributed by atoms with Gasteiger partial charge in [0.15, 0.2) is 0 Å². The van der Waals surface area contributed by atoms with E-state index in [0.29, 0.717) is 12.6 Å². The Bertz CT molecular complexity index is 209. The first-order valence-corrected chi connectivity index (χ1v) is 5.77. The number of likely N-dealkylation sites (N-methyl/N-ethyl adjacent to an activating group) is 1. The molecule has 3 unspecified atom stereocenters. The summed E-state index contributed by atoms with van der Waals surface area (Å²) in [6.07, 6.45) is 2.92. The fourth-order valence-corrected chi connectivity index (χ4v) is 1.67. The molecular formula is C11H22N2O2. The van der Waals surface area contributed by atoms with Gasteiger partial charge in [-0.15, -0.1) is 0 Å². The zero-order chi connectivity index (χ0) is 11.3. The molecule has 3 atom stereocenters. The fraction of sp³-hybridized carbons (Fsp3) is 0.909. The van der Waals surface area contributed by atoms with Gasteiger partial charge in [-0.05, 0) is 33.2 Å². The maximum atomic E-state index is 11.7. The van der Waals surface area contributed by atoms with Gasteiger partial charge in [-0.25, -0.2) is 0 Å². The van der Waals surface area contributed by atoms with Gasteiger partial charge in [0.1, 0.15) is 6.10 Å². The largest absolute Gasteiger partial charge is 0.365 e. The van der Waals surface area contributed by atoms with Crippen LogP contribution in [-0.2, 0) is 9.53 Å². The molecule has 0 aromatic rings. The minimum Gasteiger partial charge on any atom is -0.365 e. The molecule has 4 nitrogen and oxygen atoms in total. The van der Waals surface area contributed by atoms with Crippen LogP contribution in [0.2, 0.25) is 0 Å². The van der Waals surface area contributed by atoms with E-state index in [-0.39, 0.29) is 18.1 Å². The van der Waals surface area contributed by atoms with Crippen molar-refractivity contribution >= 4 is 5.91 Å². The summed E-state index contributed by atoms with van der Waals surface area (Å²) < 4.78 is 5.61. The smallest absolute Gasteiger partial charge is 0.249 e. The predicted octanol–water partition coefficient (Wildman–Crippen LogP) is 0.668. The van der Waals surface area contributed by atoms with E-state index >= 15 is 0 Å². The Hall–Kier alpha value is -0.610. The monoisotopic (exact) mass is 214 g/mol. The second kappa shape index (κ2) is 6.08. The van der Waals surface area contributed by atoms with Gasteiger partial charge in [0, 0.05) is 12.6 Å². The topological polar surface area (TPSA) is 50.4 Å². The third kappa shape index (κ3) is 3.80. The van der Waals surface area contributed by atoms with Gasteiger partial charge in [-0.3, -0.25) is 4.79 Å². The molecule has 1 fully saturated rings. The van der Waals surface area contributed by atoms with Gasteiger partial charge >= 0.3 is 0 Å². The number of hydrogen-bond acceptors (Lipinski definition) is 3. The molecule has 1 heterocycles. The van der Waals surface area contributed by atoms with Crippen LogP contribution in [0.25, 0.3) is 0 Å². The lowest BCUT2D eigenvalue weighted by Crippen LogP contribution is -2.41. The van der Waals surface area contributed by atoms with Crippen molar-refractivity contribution in [2.75, 3.05) is 13.6 Å². The van der Waals surface area contributed by atoms with Crippen LogP contribution < -0.4 is 10.6 Å². The van der Waals surface area contributed by atoms with Gasteiger partial charge in [-0.2, -0.15) is 0 Å². The van der Waals surface area contributed by atoms with Crippen LogP contribution in [0.4, 0.5) is 0 Å². The van der Waals surface area contributed by atoms with Gasteiger partial charge in [0.05, 0.1) is 6.10 Å². The van der Waals surface area contributed by atoms with Crippen molar-refractivity contribution in [1.29, 1.82) is 0 Å². The van der Waals surface area contributed by atoms with Gasteiger partial charge in [0.25, 0.3) is 0 Å². The van der Waals surface area contributed by atoms with E-state index in [2.05, 4.69) is 17.6 Å². The average Bonchev–Trinajstić information content (AvgIpc) is 2.73. The highest BCUT2D eigenvalue weighted by Crippen LogP contribution is 2.21. The SMILES string of the molecule is CCC1CCC(C(=O)NCC(C)NC)O1. The summed E-state index contributed by atoms with van der Waals surface area (Å²) in [5.74, 6) is 0.0352. The number of rotatable bonds is 5. The maximum Gasteiger partial charge on any atom is 0.249 e. The van der Waals surface area contributed by atoms with Crippen molar-refractivity contribution in [3.63, 3.8) is 0 Å². The molecule has 4 heteroatoms. The van der Waals surface area contributed by atoms with Gasteiger partial charge in [0.2, 0.25) is 5.91 Å². The van der Waals surface area contributed by atoms with Gasteiger partial charge < -0.3 is 15.4 Å². The first-order chi connectivity index (χ1) is 7.17. The lowest BCUT2D eigenvalue weighted by molar-refractivity contribution is -0.132. The second-order valence-corrected chi connectivity index (χ2v) is 4.17. The number of ether oxygens (including phenoxy) is 1. The maximum absolute atomic E-state index is 11.7. The molecule has 15 heavy (non-hydrogen) atoms. The molecule has 0 radical (unpaired) electrons. The normalized spacial score (nSPS) is 27.7. The number of carbonyl (C=O) groups is 1. The highest BCUT2D eigenvalue weighted by molar-refractivity contribution is 5.81. The fourth-order valence-electron chi connectivity index (χ4n) is 1.67. The number of hydrogen-bond donors (Lipinski definition) is 2. The zero-order valence-corrected chi connectivity index (χ0v) is 9.88. The Morgan fingerprint density at radius 2 is 2.27 bits per heavy atom. The van der Waals surface area contributed by atoms with E-state index in [1.807, 2.05) is 14.0 Å². The molecule has 0 saturated carbocycles. The molecular weight excluding hydrogens is 192 g/mol. The molecule has 1 aliphatic heterocycles. The van der Waals surface area contributed by atoms with Crippen LogP contribution in [0.15, 0.2) is 0 Å². The summed E-state index contributed by atoms with van der Waals surface area (Å²) in [5, 5.41) is 5.97.